The molecule has 0 atom stereocenters. The van der Waals surface area contributed by atoms with Crippen molar-refractivity contribution in [1.29, 1.82) is 0 Å². The Bertz CT molecular complexity index is 858. The average molecular weight is 367 g/mol. The van der Waals surface area contributed by atoms with E-state index in [1.165, 1.54) is 11.1 Å². The maximum absolute atomic E-state index is 12.2. The number of rotatable bonds is 7. The van der Waals surface area contributed by atoms with E-state index in [4.69, 9.17) is 4.52 Å². The SMILES string of the molecule is Cc1ccc(CSCCNC(=O)c2ccc(-c3nc(C)no3)cc2)cc1. The topological polar surface area (TPSA) is 68.0 Å². The minimum atomic E-state index is -0.0748. The largest absolute Gasteiger partial charge is 0.351 e. The molecule has 5 nitrogen and oxygen atoms in total. The van der Waals surface area contributed by atoms with Crippen molar-refractivity contribution >= 4 is 17.7 Å². The number of aryl methyl sites for hydroxylation is 2. The van der Waals surface area contributed by atoms with Crippen molar-refractivity contribution < 1.29 is 9.32 Å². The molecule has 0 saturated heterocycles. The Balaban J connectivity index is 1.42. The van der Waals surface area contributed by atoms with Gasteiger partial charge in [-0.3, -0.25) is 4.79 Å². The van der Waals surface area contributed by atoms with Crippen LogP contribution in [-0.4, -0.2) is 28.3 Å². The molecule has 6 heteroatoms. The highest BCUT2D eigenvalue weighted by molar-refractivity contribution is 7.98. The van der Waals surface area contributed by atoms with E-state index in [1.54, 1.807) is 19.1 Å². The third kappa shape index (κ3) is 4.95. The van der Waals surface area contributed by atoms with Crippen molar-refractivity contribution in [3.8, 4) is 11.5 Å². The maximum atomic E-state index is 12.2. The normalized spacial score (nSPS) is 10.7. The zero-order valence-corrected chi connectivity index (χ0v) is 15.7. The van der Waals surface area contributed by atoms with Gasteiger partial charge in [0.1, 0.15) is 0 Å². The first-order chi connectivity index (χ1) is 12.6. The lowest BCUT2D eigenvalue weighted by Gasteiger charge is -2.06. The summed E-state index contributed by atoms with van der Waals surface area (Å²) in [7, 11) is 0. The average Bonchev–Trinajstić information content (AvgIpc) is 3.09. The lowest BCUT2D eigenvalue weighted by Crippen LogP contribution is -2.25. The van der Waals surface area contributed by atoms with Crippen LogP contribution in [0.2, 0.25) is 0 Å². The Hall–Kier alpha value is -2.60. The van der Waals surface area contributed by atoms with Crippen LogP contribution in [0, 0.1) is 13.8 Å². The molecular weight excluding hydrogens is 346 g/mol. The van der Waals surface area contributed by atoms with Crippen LogP contribution in [0.15, 0.2) is 53.1 Å². The van der Waals surface area contributed by atoms with Gasteiger partial charge in [-0.15, -0.1) is 0 Å². The Kier molecular flexibility index (Phi) is 6.07. The number of hydrogen-bond donors (Lipinski definition) is 1. The van der Waals surface area contributed by atoms with Gasteiger partial charge in [-0.25, -0.2) is 0 Å². The fraction of sp³-hybridized carbons (Fsp3) is 0.250. The number of thioether (sulfide) groups is 1. The molecule has 0 aliphatic rings. The Morgan fingerprint density at radius 3 is 2.46 bits per heavy atom. The second-order valence-corrected chi connectivity index (χ2v) is 7.12. The molecule has 1 amide bonds. The third-order valence-electron chi connectivity index (χ3n) is 3.84. The van der Waals surface area contributed by atoms with Gasteiger partial charge in [0.05, 0.1) is 0 Å². The summed E-state index contributed by atoms with van der Waals surface area (Å²) in [6.45, 7) is 4.49. The molecule has 0 aliphatic carbocycles. The number of benzene rings is 2. The van der Waals surface area contributed by atoms with Crippen molar-refractivity contribution in [3.05, 3.63) is 71.0 Å². The first-order valence-electron chi connectivity index (χ1n) is 8.44. The van der Waals surface area contributed by atoms with Crippen LogP contribution in [0.4, 0.5) is 0 Å². The second-order valence-electron chi connectivity index (χ2n) is 6.02. The van der Waals surface area contributed by atoms with E-state index in [0.717, 1.165) is 17.1 Å². The molecule has 3 rings (SSSR count). The Labute approximate surface area is 157 Å². The Morgan fingerprint density at radius 1 is 1.08 bits per heavy atom. The van der Waals surface area contributed by atoms with Crippen LogP contribution in [0.25, 0.3) is 11.5 Å². The predicted molar refractivity (Wildman–Crippen MR) is 104 cm³/mol. The summed E-state index contributed by atoms with van der Waals surface area (Å²) in [5.41, 5.74) is 3.99. The molecule has 0 spiro atoms. The quantitative estimate of drug-likeness (QED) is 0.639. The molecule has 0 saturated carbocycles. The van der Waals surface area contributed by atoms with Gasteiger partial charge in [0.15, 0.2) is 5.82 Å². The minimum Gasteiger partial charge on any atom is -0.351 e. The second kappa shape index (κ2) is 8.67. The molecule has 0 radical (unpaired) electrons. The van der Waals surface area contributed by atoms with E-state index in [0.29, 0.717) is 23.8 Å². The molecule has 1 N–H and O–H groups in total. The number of hydrogen-bond acceptors (Lipinski definition) is 5. The highest BCUT2D eigenvalue weighted by Crippen LogP contribution is 2.17. The van der Waals surface area contributed by atoms with Crippen molar-refractivity contribution in [2.75, 3.05) is 12.3 Å². The fourth-order valence-corrected chi connectivity index (χ4v) is 3.21. The summed E-state index contributed by atoms with van der Waals surface area (Å²) in [5, 5.41) is 6.71. The molecule has 2 aromatic carbocycles. The molecule has 0 unspecified atom stereocenters. The summed E-state index contributed by atoms with van der Waals surface area (Å²) < 4.78 is 5.12. The predicted octanol–water partition coefficient (Wildman–Crippen LogP) is 4.02. The summed E-state index contributed by atoms with van der Waals surface area (Å²) in [4.78, 5) is 16.4. The van der Waals surface area contributed by atoms with Crippen LogP contribution in [0.1, 0.15) is 27.3 Å². The molecule has 0 bridgehead atoms. The van der Waals surface area contributed by atoms with Crippen molar-refractivity contribution in [2.24, 2.45) is 0 Å². The van der Waals surface area contributed by atoms with E-state index in [1.807, 2.05) is 23.9 Å². The van der Waals surface area contributed by atoms with E-state index >= 15 is 0 Å². The van der Waals surface area contributed by atoms with Gasteiger partial charge >= 0.3 is 0 Å². The van der Waals surface area contributed by atoms with Gasteiger partial charge in [-0.05, 0) is 43.7 Å². The number of aromatic nitrogens is 2. The van der Waals surface area contributed by atoms with Gasteiger partial charge in [-0.1, -0.05) is 35.0 Å². The lowest BCUT2D eigenvalue weighted by molar-refractivity contribution is 0.0956. The number of carbonyl (C=O) groups excluding carboxylic acids is 1. The highest BCUT2D eigenvalue weighted by atomic mass is 32.2. The van der Waals surface area contributed by atoms with Gasteiger partial charge in [0.25, 0.3) is 11.8 Å². The number of carbonyl (C=O) groups is 1. The molecule has 134 valence electrons. The third-order valence-corrected chi connectivity index (χ3v) is 4.87. The zero-order valence-electron chi connectivity index (χ0n) is 14.9. The van der Waals surface area contributed by atoms with Crippen LogP contribution in [0.5, 0.6) is 0 Å². The van der Waals surface area contributed by atoms with Gasteiger partial charge in [-0.2, -0.15) is 16.7 Å². The summed E-state index contributed by atoms with van der Waals surface area (Å²) in [5.74, 6) is 2.80. The van der Waals surface area contributed by atoms with E-state index < -0.39 is 0 Å². The molecular formula is C20H21N3O2S. The van der Waals surface area contributed by atoms with Crippen LogP contribution >= 0.6 is 11.8 Å². The minimum absolute atomic E-state index is 0.0748. The molecule has 26 heavy (non-hydrogen) atoms. The maximum Gasteiger partial charge on any atom is 0.257 e. The number of nitrogens with one attached hydrogen (secondary N) is 1. The molecule has 1 heterocycles. The first-order valence-corrected chi connectivity index (χ1v) is 9.59. The highest BCUT2D eigenvalue weighted by Gasteiger charge is 2.09. The molecule has 0 aliphatic heterocycles. The van der Waals surface area contributed by atoms with E-state index in [2.05, 4.69) is 46.6 Å². The number of amides is 1. The smallest absolute Gasteiger partial charge is 0.257 e. The monoisotopic (exact) mass is 367 g/mol. The first kappa shape index (κ1) is 18.2. The fourth-order valence-electron chi connectivity index (χ4n) is 2.39. The van der Waals surface area contributed by atoms with Crippen LogP contribution in [0.3, 0.4) is 0 Å². The van der Waals surface area contributed by atoms with Crippen molar-refractivity contribution in [1.82, 2.24) is 15.5 Å². The summed E-state index contributed by atoms with van der Waals surface area (Å²) in [6.07, 6.45) is 0. The van der Waals surface area contributed by atoms with E-state index in [-0.39, 0.29) is 5.91 Å². The van der Waals surface area contributed by atoms with Crippen molar-refractivity contribution in [3.63, 3.8) is 0 Å². The van der Waals surface area contributed by atoms with Crippen molar-refractivity contribution in [2.45, 2.75) is 19.6 Å². The zero-order chi connectivity index (χ0) is 18.4. The molecule has 0 fully saturated rings. The standard InChI is InChI=1S/C20H21N3O2S/c1-14-3-5-16(6-4-14)13-26-12-11-21-19(24)17-7-9-18(10-8-17)20-22-15(2)23-25-20/h3-10H,11-13H2,1-2H3,(H,21,24). The number of nitrogens with zero attached hydrogens (tertiary/aromatic N) is 2. The molecule has 3 aromatic rings. The van der Waals surface area contributed by atoms with Crippen LogP contribution < -0.4 is 5.32 Å². The van der Waals surface area contributed by atoms with Gasteiger partial charge in [0, 0.05) is 29.2 Å². The Morgan fingerprint density at radius 2 is 1.81 bits per heavy atom. The summed E-state index contributed by atoms with van der Waals surface area (Å²) in [6, 6.07) is 15.7. The van der Waals surface area contributed by atoms with Crippen LogP contribution in [-0.2, 0) is 5.75 Å². The van der Waals surface area contributed by atoms with Gasteiger partial charge < -0.3 is 9.84 Å². The summed E-state index contributed by atoms with van der Waals surface area (Å²) >= 11 is 1.81. The van der Waals surface area contributed by atoms with E-state index in [9.17, 15) is 4.79 Å². The lowest BCUT2D eigenvalue weighted by atomic mass is 10.1. The van der Waals surface area contributed by atoms with Gasteiger partial charge in [0.2, 0.25) is 0 Å². The molecule has 1 aromatic heterocycles.